The van der Waals surface area contributed by atoms with Gasteiger partial charge >= 0.3 is 5.69 Å². The van der Waals surface area contributed by atoms with Gasteiger partial charge in [0, 0.05) is 31.7 Å². The third-order valence-corrected chi connectivity index (χ3v) is 3.48. The highest BCUT2D eigenvalue weighted by Gasteiger charge is 2.18. The van der Waals surface area contributed by atoms with Crippen LogP contribution in [0.3, 0.4) is 0 Å². The topological polar surface area (TPSA) is 73.8 Å². The van der Waals surface area contributed by atoms with Crippen LogP contribution in [0, 0.1) is 0 Å². The number of aromatic nitrogens is 4. The van der Waals surface area contributed by atoms with E-state index in [1.54, 1.807) is 24.6 Å². The van der Waals surface area contributed by atoms with Crippen LogP contribution in [0.25, 0.3) is 11.2 Å². The van der Waals surface area contributed by atoms with Gasteiger partial charge in [-0.25, -0.2) is 4.79 Å². The maximum atomic E-state index is 12.5. The minimum Gasteiger partial charge on any atom is -0.353 e. The molecule has 0 atom stereocenters. The third-order valence-electron chi connectivity index (χ3n) is 3.32. The first-order valence-electron chi connectivity index (χ1n) is 6.99. The lowest BCUT2D eigenvalue weighted by Crippen LogP contribution is -2.37. The van der Waals surface area contributed by atoms with Gasteiger partial charge in [0.2, 0.25) is 5.95 Å². The number of halogens is 1. The molecule has 2 heterocycles. The Balaban J connectivity index is 2.84. The molecular formula is C14H20ClN5O2. The fraction of sp³-hybridized carbons (Fsp3) is 0.500. The molecule has 0 radical (unpaired) electrons. The summed E-state index contributed by atoms with van der Waals surface area (Å²) in [5.41, 5.74) is -0.0378. The normalized spacial score (nSPS) is 12.4. The molecule has 0 spiro atoms. The Kier molecular flexibility index (Phi) is 4.46. The molecule has 22 heavy (non-hydrogen) atoms. The van der Waals surface area contributed by atoms with Crippen LogP contribution in [0.4, 0.5) is 5.95 Å². The van der Waals surface area contributed by atoms with Crippen molar-refractivity contribution in [3.63, 3.8) is 0 Å². The molecule has 0 saturated carbocycles. The number of hydrogen-bond acceptors (Lipinski definition) is 4. The first-order valence-corrected chi connectivity index (χ1v) is 7.37. The van der Waals surface area contributed by atoms with Gasteiger partial charge < -0.3 is 9.88 Å². The summed E-state index contributed by atoms with van der Waals surface area (Å²) in [6, 6.07) is 0.137. The van der Waals surface area contributed by atoms with Crippen molar-refractivity contribution in [3.05, 3.63) is 31.9 Å². The summed E-state index contributed by atoms with van der Waals surface area (Å²) >= 11 is 5.90. The van der Waals surface area contributed by atoms with Crippen molar-refractivity contribution >= 4 is 28.7 Å². The van der Waals surface area contributed by atoms with E-state index in [-0.39, 0.29) is 11.6 Å². The van der Waals surface area contributed by atoms with E-state index in [1.807, 2.05) is 13.8 Å². The molecule has 2 aromatic rings. The molecule has 0 aliphatic carbocycles. The molecule has 2 aromatic heterocycles. The van der Waals surface area contributed by atoms with E-state index in [0.717, 1.165) is 4.57 Å². The second-order valence-electron chi connectivity index (χ2n) is 5.51. The van der Waals surface area contributed by atoms with Gasteiger partial charge in [-0.3, -0.25) is 13.9 Å². The van der Waals surface area contributed by atoms with Gasteiger partial charge in [0.15, 0.2) is 11.2 Å². The SMILES string of the molecule is CC(Cl)=CCn1c(NC(C)C)nc2c1c(=O)n(C)c(=O)n2C. The van der Waals surface area contributed by atoms with Crippen molar-refractivity contribution in [2.75, 3.05) is 5.32 Å². The fourth-order valence-corrected chi connectivity index (χ4v) is 2.28. The summed E-state index contributed by atoms with van der Waals surface area (Å²) in [6.45, 7) is 6.12. The van der Waals surface area contributed by atoms with Crippen molar-refractivity contribution < 1.29 is 0 Å². The van der Waals surface area contributed by atoms with Gasteiger partial charge in [0.25, 0.3) is 5.56 Å². The van der Waals surface area contributed by atoms with Crippen LogP contribution in [0.15, 0.2) is 20.7 Å². The summed E-state index contributed by atoms with van der Waals surface area (Å²) in [5.74, 6) is 0.539. The van der Waals surface area contributed by atoms with Crippen LogP contribution in [0.2, 0.25) is 0 Å². The van der Waals surface area contributed by atoms with E-state index in [4.69, 9.17) is 11.6 Å². The summed E-state index contributed by atoms with van der Waals surface area (Å²) < 4.78 is 4.19. The van der Waals surface area contributed by atoms with E-state index in [0.29, 0.717) is 28.7 Å². The number of allylic oxidation sites excluding steroid dienone is 2. The minimum absolute atomic E-state index is 0.137. The molecule has 0 amide bonds. The standard InChI is InChI=1S/C14H20ClN5O2/c1-8(2)16-13-17-11-10(20(13)7-6-9(3)15)12(21)19(5)14(22)18(11)4/h6,8H,7H2,1-5H3,(H,16,17). The van der Waals surface area contributed by atoms with E-state index in [1.165, 1.54) is 11.6 Å². The predicted octanol–water partition coefficient (Wildman–Crippen LogP) is 1.40. The number of nitrogens with zero attached hydrogens (tertiary/aromatic N) is 4. The zero-order valence-electron chi connectivity index (χ0n) is 13.3. The predicted molar refractivity (Wildman–Crippen MR) is 88.6 cm³/mol. The van der Waals surface area contributed by atoms with Crippen LogP contribution in [0.5, 0.6) is 0 Å². The first-order chi connectivity index (χ1) is 10.2. The molecule has 0 bridgehead atoms. The number of aryl methyl sites for hydroxylation is 1. The van der Waals surface area contributed by atoms with Crippen molar-refractivity contribution in [2.24, 2.45) is 14.1 Å². The van der Waals surface area contributed by atoms with E-state index in [2.05, 4.69) is 10.3 Å². The lowest BCUT2D eigenvalue weighted by atomic mass is 10.4. The Morgan fingerprint density at radius 2 is 1.95 bits per heavy atom. The molecule has 0 aromatic carbocycles. The Hall–Kier alpha value is -2.02. The molecular weight excluding hydrogens is 306 g/mol. The zero-order chi connectivity index (χ0) is 16.6. The second kappa shape index (κ2) is 6.00. The highest BCUT2D eigenvalue weighted by atomic mass is 35.5. The van der Waals surface area contributed by atoms with Crippen molar-refractivity contribution in [3.8, 4) is 0 Å². The zero-order valence-corrected chi connectivity index (χ0v) is 14.1. The number of anilines is 1. The number of imidazole rings is 1. The lowest BCUT2D eigenvalue weighted by Gasteiger charge is -2.11. The Labute approximate surface area is 132 Å². The summed E-state index contributed by atoms with van der Waals surface area (Å²) in [4.78, 5) is 28.9. The molecule has 0 fully saturated rings. The van der Waals surface area contributed by atoms with E-state index in [9.17, 15) is 9.59 Å². The molecule has 8 heteroatoms. The van der Waals surface area contributed by atoms with Gasteiger partial charge in [-0.1, -0.05) is 17.7 Å². The number of nitrogens with one attached hydrogen (secondary N) is 1. The molecule has 7 nitrogen and oxygen atoms in total. The van der Waals surface area contributed by atoms with Crippen LogP contribution in [-0.4, -0.2) is 24.7 Å². The van der Waals surface area contributed by atoms with Gasteiger partial charge in [-0.05, 0) is 20.8 Å². The summed E-state index contributed by atoms with van der Waals surface area (Å²) in [6.07, 6.45) is 1.79. The molecule has 120 valence electrons. The Bertz CT molecular complexity index is 853. The van der Waals surface area contributed by atoms with Crippen LogP contribution >= 0.6 is 11.6 Å². The second-order valence-corrected chi connectivity index (χ2v) is 6.11. The fourth-order valence-electron chi connectivity index (χ4n) is 2.21. The molecule has 0 saturated heterocycles. The minimum atomic E-state index is -0.401. The third kappa shape index (κ3) is 2.81. The molecule has 1 N–H and O–H groups in total. The van der Waals surface area contributed by atoms with Gasteiger partial charge in [0.1, 0.15) is 0 Å². The van der Waals surface area contributed by atoms with Crippen molar-refractivity contribution in [1.29, 1.82) is 0 Å². The first kappa shape index (κ1) is 16.4. The van der Waals surface area contributed by atoms with E-state index < -0.39 is 5.69 Å². The lowest BCUT2D eigenvalue weighted by molar-refractivity contribution is 0.703. The average molecular weight is 326 g/mol. The number of fused-ring (bicyclic) bond motifs is 1. The molecule has 0 unspecified atom stereocenters. The van der Waals surface area contributed by atoms with Crippen molar-refractivity contribution in [2.45, 2.75) is 33.4 Å². The average Bonchev–Trinajstić information content (AvgIpc) is 2.78. The monoisotopic (exact) mass is 325 g/mol. The highest BCUT2D eigenvalue weighted by molar-refractivity contribution is 6.29. The Morgan fingerprint density at radius 3 is 2.50 bits per heavy atom. The molecule has 0 aliphatic rings. The Morgan fingerprint density at radius 1 is 1.32 bits per heavy atom. The molecule has 0 aliphatic heterocycles. The maximum absolute atomic E-state index is 12.5. The van der Waals surface area contributed by atoms with E-state index >= 15 is 0 Å². The summed E-state index contributed by atoms with van der Waals surface area (Å²) in [5, 5.41) is 3.82. The number of hydrogen-bond donors (Lipinski definition) is 1. The van der Waals surface area contributed by atoms with Crippen molar-refractivity contribution in [1.82, 2.24) is 18.7 Å². The van der Waals surface area contributed by atoms with Crippen LogP contribution in [0.1, 0.15) is 20.8 Å². The van der Waals surface area contributed by atoms with Gasteiger partial charge in [0.05, 0.1) is 0 Å². The highest BCUT2D eigenvalue weighted by Crippen LogP contribution is 2.17. The number of rotatable bonds is 4. The maximum Gasteiger partial charge on any atom is 0.332 e. The van der Waals surface area contributed by atoms with Gasteiger partial charge in [-0.2, -0.15) is 4.98 Å². The smallest absolute Gasteiger partial charge is 0.332 e. The van der Waals surface area contributed by atoms with Crippen LogP contribution in [-0.2, 0) is 20.6 Å². The van der Waals surface area contributed by atoms with Gasteiger partial charge in [-0.15, -0.1) is 0 Å². The molecule has 2 rings (SSSR count). The van der Waals surface area contributed by atoms with Crippen LogP contribution < -0.4 is 16.6 Å². The largest absolute Gasteiger partial charge is 0.353 e. The summed E-state index contributed by atoms with van der Waals surface area (Å²) in [7, 11) is 3.06. The quantitative estimate of drug-likeness (QED) is 0.922.